The molecule has 2 heterocycles. The minimum Gasteiger partial charge on any atom is -0.496 e. The van der Waals surface area contributed by atoms with Crippen molar-refractivity contribution in [3.05, 3.63) is 99.4 Å². The molecule has 13 heteroatoms. The van der Waals surface area contributed by atoms with Gasteiger partial charge in [0.15, 0.2) is 5.69 Å². The van der Waals surface area contributed by atoms with Crippen LogP contribution in [0.1, 0.15) is 40.2 Å². The second-order valence-electron chi connectivity index (χ2n) is 10.6. The largest absolute Gasteiger partial charge is 0.496 e. The van der Waals surface area contributed by atoms with Crippen LogP contribution in [-0.4, -0.2) is 41.4 Å². The zero-order chi connectivity index (χ0) is 31.2. The quantitative estimate of drug-likeness (QED) is 0.179. The number of aromatic nitrogens is 3. The summed E-state index contributed by atoms with van der Waals surface area (Å²) in [6.45, 7) is 0. The Morgan fingerprint density at radius 1 is 1.16 bits per heavy atom. The third-order valence-electron chi connectivity index (χ3n) is 7.46. The number of thiazole rings is 1. The van der Waals surface area contributed by atoms with Crippen LogP contribution in [-0.2, 0) is 22.9 Å². The van der Waals surface area contributed by atoms with Crippen molar-refractivity contribution in [2.45, 2.75) is 30.6 Å². The molecule has 0 spiro atoms. The monoisotopic (exact) mass is 652 g/mol. The first-order valence-corrected chi connectivity index (χ1v) is 16.4. The summed E-state index contributed by atoms with van der Waals surface area (Å²) < 4.78 is 46.1. The number of carboxylic acid groups (broad SMARTS) is 1. The minimum atomic E-state index is -4.24. The van der Waals surface area contributed by atoms with Gasteiger partial charge in [-0.25, -0.2) is 32.4 Å². The maximum atomic E-state index is 15.0. The first-order valence-electron chi connectivity index (χ1n) is 13.6. The molecule has 0 radical (unpaired) electrons. The highest BCUT2D eigenvalue weighted by Crippen LogP contribution is 2.41. The number of methoxy groups -OCH3 is 1. The Balaban J connectivity index is 1.58. The number of carboxylic acids is 1. The maximum Gasteiger partial charge on any atom is 0.355 e. The molecule has 0 atom stereocenters. The van der Waals surface area contributed by atoms with Gasteiger partial charge in [-0.05, 0) is 78.3 Å². The third kappa shape index (κ3) is 6.11. The van der Waals surface area contributed by atoms with E-state index in [1.165, 1.54) is 11.4 Å². The van der Waals surface area contributed by atoms with E-state index in [0.717, 1.165) is 58.7 Å². The van der Waals surface area contributed by atoms with E-state index in [2.05, 4.69) is 4.98 Å². The van der Waals surface area contributed by atoms with Crippen LogP contribution >= 0.6 is 22.9 Å². The zero-order valence-electron chi connectivity index (χ0n) is 23.3. The Bertz CT molecular complexity index is 2020. The van der Waals surface area contributed by atoms with Crippen molar-refractivity contribution in [2.24, 2.45) is 11.1 Å². The van der Waals surface area contributed by atoms with Crippen LogP contribution in [0.3, 0.4) is 0 Å². The molecular formula is C31H26ClFN4O5S2. The molecule has 1 fully saturated rings. The fourth-order valence-electron chi connectivity index (χ4n) is 5.14. The van der Waals surface area contributed by atoms with E-state index >= 15 is 0 Å². The van der Waals surface area contributed by atoms with E-state index in [0.29, 0.717) is 45.1 Å². The lowest BCUT2D eigenvalue weighted by molar-refractivity contribution is 0.0691. The Morgan fingerprint density at radius 3 is 2.57 bits per heavy atom. The second kappa shape index (κ2) is 11.8. The third-order valence-corrected chi connectivity index (χ3v) is 9.45. The molecule has 226 valence electrons. The molecule has 0 amide bonds. The molecule has 1 aliphatic carbocycles. The summed E-state index contributed by atoms with van der Waals surface area (Å²) >= 11 is 7.44. The fourth-order valence-corrected chi connectivity index (χ4v) is 6.69. The highest BCUT2D eigenvalue weighted by atomic mass is 35.5. The minimum absolute atomic E-state index is 0.0952. The van der Waals surface area contributed by atoms with Crippen LogP contribution in [0, 0.1) is 11.7 Å². The molecule has 5 aromatic rings. The fraction of sp³-hybridized carbons (Fsp3) is 0.194. The molecule has 3 aromatic carbocycles. The number of nitrogens with two attached hydrogens (primary N) is 1. The van der Waals surface area contributed by atoms with E-state index in [1.807, 2.05) is 36.4 Å². The smallest absolute Gasteiger partial charge is 0.355 e. The second-order valence-corrected chi connectivity index (χ2v) is 13.4. The van der Waals surface area contributed by atoms with Gasteiger partial charge in [0, 0.05) is 28.0 Å². The number of benzene rings is 3. The van der Waals surface area contributed by atoms with Gasteiger partial charge in [0.25, 0.3) is 0 Å². The summed E-state index contributed by atoms with van der Waals surface area (Å²) in [6.07, 6.45) is 2.90. The number of aromatic carboxylic acids is 1. The summed E-state index contributed by atoms with van der Waals surface area (Å²) in [4.78, 5) is 15.4. The van der Waals surface area contributed by atoms with Crippen LogP contribution < -0.4 is 9.88 Å². The first-order chi connectivity index (χ1) is 21.0. The van der Waals surface area contributed by atoms with Gasteiger partial charge in [0.1, 0.15) is 22.2 Å². The van der Waals surface area contributed by atoms with Gasteiger partial charge in [-0.3, -0.25) is 0 Å². The number of nitrogens with zero attached hydrogens (tertiary/aromatic N) is 3. The van der Waals surface area contributed by atoms with Gasteiger partial charge in [-0.15, -0.1) is 11.3 Å². The number of rotatable bonds is 10. The van der Waals surface area contributed by atoms with Gasteiger partial charge >= 0.3 is 5.97 Å². The molecule has 2 aromatic heterocycles. The van der Waals surface area contributed by atoms with E-state index in [1.54, 1.807) is 17.9 Å². The maximum absolute atomic E-state index is 15.0. The van der Waals surface area contributed by atoms with E-state index in [-0.39, 0.29) is 12.1 Å². The van der Waals surface area contributed by atoms with Crippen molar-refractivity contribution in [1.82, 2.24) is 14.8 Å². The predicted molar refractivity (Wildman–Crippen MR) is 166 cm³/mol. The van der Waals surface area contributed by atoms with E-state index in [4.69, 9.17) is 26.6 Å². The summed E-state index contributed by atoms with van der Waals surface area (Å²) in [6, 6.07) is 17.0. The van der Waals surface area contributed by atoms with Gasteiger partial charge in [0.2, 0.25) is 15.2 Å². The highest BCUT2D eigenvalue weighted by Gasteiger charge is 2.30. The Hall–Kier alpha value is -4.10. The summed E-state index contributed by atoms with van der Waals surface area (Å²) in [5, 5.41) is 22.1. The van der Waals surface area contributed by atoms with Crippen LogP contribution in [0.15, 0.2) is 70.9 Å². The van der Waals surface area contributed by atoms with Gasteiger partial charge in [-0.1, -0.05) is 35.9 Å². The summed E-state index contributed by atoms with van der Waals surface area (Å²) in [7, 11) is -2.69. The molecule has 44 heavy (non-hydrogen) atoms. The van der Waals surface area contributed by atoms with Gasteiger partial charge < -0.3 is 9.84 Å². The molecule has 1 saturated carbocycles. The molecule has 9 nitrogen and oxygen atoms in total. The van der Waals surface area contributed by atoms with Gasteiger partial charge in [0.05, 0.1) is 12.8 Å². The van der Waals surface area contributed by atoms with Crippen molar-refractivity contribution in [3.8, 4) is 33.3 Å². The Kier molecular flexibility index (Phi) is 8.01. The topological polar surface area (TPSA) is 137 Å². The standard InChI is InChI=1S/C31H26ClFN4O5S2/c1-42-27-9-8-20(19-3-2-4-21(32)14-19)15-23(27)29-22(11-18-7-10-28(24(33)12-18)44(34,40)41)26(13-17-5-6-17)37(36-29)31-35-25(16-43-31)30(38)39/h2-4,7-10,12,14-17H,5-6,11,13H2,1H3,(H,38,39)(H2,34,40,41). The highest BCUT2D eigenvalue weighted by molar-refractivity contribution is 7.89. The number of halogens is 2. The molecule has 0 aliphatic heterocycles. The molecule has 3 N–H and O–H groups in total. The summed E-state index contributed by atoms with van der Waals surface area (Å²) in [5.74, 6) is -1.16. The molecule has 0 saturated heterocycles. The molecule has 0 unspecified atom stereocenters. The zero-order valence-corrected chi connectivity index (χ0v) is 25.7. The van der Waals surface area contributed by atoms with Crippen molar-refractivity contribution in [2.75, 3.05) is 7.11 Å². The lowest BCUT2D eigenvalue weighted by Crippen LogP contribution is -2.14. The molecule has 6 rings (SSSR count). The lowest BCUT2D eigenvalue weighted by atomic mass is 9.94. The number of ether oxygens (including phenoxy) is 1. The van der Waals surface area contributed by atoms with E-state index in [9.17, 15) is 22.7 Å². The number of carbonyl (C=O) groups is 1. The lowest BCUT2D eigenvalue weighted by Gasteiger charge is -2.13. The van der Waals surface area contributed by atoms with Crippen LogP contribution in [0.2, 0.25) is 5.02 Å². The summed E-state index contributed by atoms with van der Waals surface area (Å²) in [5.41, 5.74) is 4.92. The Morgan fingerprint density at radius 2 is 1.93 bits per heavy atom. The Labute approximate surface area is 261 Å². The van der Waals surface area contributed by atoms with Crippen LogP contribution in [0.5, 0.6) is 5.75 Å². The van der Waals surface area contributed by atoms with E-state index < -0.39 is 26.7 Å². The molecular weight excluding hydrogens is 627 g/mol. The number of primary sulfonamides is 1. The molecule has 1 aliphatic rings. The molecule has 0 bridgehead atoms. The predicted octanol–water partition coefficient (Wildman–Crippen LogP) is 6.35. The van der Waals surface area contributed by atoms with Crippen LogP contribution in [0.25, 0.3) is 27.5 Å². The number of sulfonamides is 1. The number of hydrogen-bond acceptors (Lipinski definition) is 7. The number of hydrogen-bond donors (Lipinski definition) is 2. The van der Waals surface area contributed by atoms with Crippen molar-refractivity contribution in [1.29, 1.82) is 0 Å². The average molecular weight is 653 g/mol. The SMILES string of the molecule is COc1ccc(-c2cccc(Cl)c2)cc1-c1nn(-c2nc(C(=O)O)cs2)c(CC2CC2)c1Cc1ccc(S(N)(=O)=O)c(F)c1. The normalized spacial score (nSPS) is 13.3. The van der Waals surface area contributed by atoms with Crippen LogP contribution in [0.4, 0.5) is 4.39 Å². The van der Waals surface area contributed by atoms with Crippen molar-refractivity contribution >= 4 is 38.9 Å². The van der Waals surface area contributed by atoms with Crippen molar-refractivity contribution in [3.63, 3.8) is 0 Å². The van der Waals surface area contributed by atoms with Crippen molar-refractivity contribution < 1.29 is 27.4 Å². The average Bonchev–Trinajstić information content (AvgIpc) is 3.54. The van der Waals surface area contributed by atoms with Gasteiger partial charge in [-0.2, -0.15) is 5.10 Å². The first kappa shape index (κ1) is 29.9.